The number of nitrogens with two attached hydrogens (primary N) is 1. The smallest absolute Gasteiger partial charge is 0.238 e. The largest absolute Gasteiger partial charge is 0.489 e. The molecule has 1 atom stereocenters. The minimum Gasteiger partial charge on any atom is -0.489 e. The number of hydrogen-bond donors (Lipinski definition) is 3. The highest BCUT2D eigenvalue weighted by atomic mass is 127. The van der Waals surface area contributed by atoms with Gasteiger partial charge >= 0.3 is 0 Å². The van der Waals surface area contributed by atoms with Gasteiger partial charge in [0.1, 0.15) is 11.9 Å². The SMILES string of the molecule is CCNC(=NCc1cccc(S(N)(=O)=O)c1)NCC(C)Oc1cccc(C)c1.I. The Kier molecular flexibility index (Phi) is 10.4. The Morgan fingerprint density at radius 3 is 2.55 bits per heavy atom. The van der Waals surface area contributed by atoms with Crippen LogP contribution in [0.1, 0.15) is 25.0 Å². The van der Waals surface area contributed by atoms with Crippen LogP contribution < -0.4 is 20.5 Å². The van der Waals surface area contributed by atoms with E-state index in [0.717, 1.165) is 16.9 Å². The Balaban J connectivity index is 0.00000420. The summed E-state index contributed by atoms with van der Waals surface area (Å²) >= 11 is 0. The third kappa shape index (κ3) is 9.01. The van der Waals surface area contributed by atoms with Crippen molar-refractivity contribution in [1.82, 2.24) is 10.6 Å². The minimum atomic E-state index is -3.72. The number of aryl methyl sites for hydroxylation is 1. The maximum absolute atomic E-state index is 11.5. The molecule has 0 aliphatic rings. The van der Waals surface area contributed by atoms with E-state index in [0.29, 0.717) is 25.6 Å². The number of hydrogen-bond acceptors (Lipinski definition) is 4. The normalized spacial score (nSPS) is 12.6. The van der Waals surface area contributed by atoms with Crippen LogP contribution in [-0.2, 0) is 16.6 Å². The first-order valence-corrected chi connectivity index (χ1v) is 10.7. The van der Waals surface area contributed by atoms with E-state index in [9.17, 15) is 8.42 Å². The van der Waals surface area contributed by atoms with Gasteiger partial charge in [-0.1, -0.05) is 24.3 Å². The van der Waals surface area contributed by atoms with Gasteiger partial charge in [0.15, 0.2) is 5.96 Å². The predicted molar refractivity (Wildman–Crippen MR) is 127 cm³/mol. The average molecular weight is 532 g/mol. The van der Waals surface area contributed by atoms with Crippen LogP contribution in [0.5, 0.6) is 5.75 Å². The maximum atomic E-state index is 11.5. The molecule has 4 N–H and O–H groups in total. The molecular weight excluding hydrogens is 503 g/mol. The van der Waals surface area contributed by atoms with E-state index in [2.05, 4.69) is 15.6 Å². The quantitative estimate of drug-likeness (QED) is 0.276. The molecule has 160 valence electrons. The molecule has 0 radical (unpaired) electrons. The summed E-state index contributed by atoms with van der Waals surface area (Å²) in [6, 6.07) is 14.4. The van der Waals surface area contributed by atoms with E-state index in [1.54, 1.807) is 6.07 Å². The zero-order valence-corrected chi connectivity index (χ0v) is 20.0. The van der Waals surface area contributed by atoms with Gasteiger partial charge in [-0.15, -0.1) is 24.0 Å². The van der Waals surface area contributed by atoms with Crippen LogP contribution in [0.25, 0.3) is 0 Å². The van der Waals surface area contributed by atoms with Crippen LogP contribution in [0.2, 0.25) is 0 Å². The van der Waals surface area contributed by atoms with Crippen molar-refractivity contribution in [1.29, 1.82) is 0 Å². The zero-order chi connectivity index (χ0) is 20.6. The molecule has 9 heteroatoms. The van der Waals surface area contributed by atoms with Crippen molar-refractivity contribution in [3.8, 4) is 5.75 Å². The molecule has 0 heterocycles. The van der Waals surface area contributed by atoms with Crippen LogP contribution in [-0.4, -0.2) is 33.6 Å². The molecule has 0 saturated carbocycles. The summed E-state index contributed by atoms with van der Waals surface area (Å²) in [5.41, 5.74) is 1.90. The topological polar surface area (TPSA) is 106 Å². The number of halogens is 1. The molecule has 0 amide bonds. The summed E-state index contributed by atoms with van der Waals surface area (Å²) in [7, 11) is -3.72. The van der Waals surface area contributed by atoms with Crippen molar-refractivity contribution in [2.75, 3.05) is 13.1 Å². The molecule has 2 rings (SSSR count). The molecule has 2 aromatic carbocycles. The summed E-state index contributed by atoms with van der Waals surface area (Å²) in [6.45, 7) is 7.58. The van der Waals surface area contributed by atoms with Gasteiger partial charge < -0.3 is 15.4 Å². The molecule has 0 bridgehead atoms. The second-order valence-corrected chi connectivity index (χ2v) is 8.07. The molecule has 0 fully saturated rings. The van der Waals surface area contributed by atoms with Gasteiger partial charge in [0.2, 0.25) is 10.0 Å². The molecule has 7 nitrogen and oxygen atoms in total. The molecule has 0 aromatic heterocycles. The van der Waals surface area contributed by atoms with Gasteiger partial charge in [-0.3, -0.25) is 0 Å². The Hall–Kier alpha value is -1.85. The van der Waals surface area contributed by atoms with Gasteiger partial charge in [0.05, 0.1) is 18.0 Å². The lowest BCUT2D eigenvalue weighted by Gasteiger charge is -2.18. The second kappa shape index (κ2) is 12.0. The van der Waals surface area contributed by atoms with Crippen molar-refractivity contribution in [3.05, 3.63) is 59.7 Å². The minimum absolute atomic E-state index is 0. The predicted octanol–water partition coefficient (Wildman–Crippen LogP) is 2.78. The zero-order valence-electron chi connectivity index (χ0n) is 16.9. The van der Waals surface area contributed by atoms with Crippen molar-refractivity contribution in [2.24, 2.45) is 10.1 Å². The number of nitrogens with zero attached hydrogens (tertiary/aromatic N) is 1. The fourth-order valence-electron chi connectivity index (χ4n) is 2.54. The fraction of sp³-hybridized carbons (Fsp3) is 0.350. The van der Waals surface area contributed by atoms with Gasteiger partial charge in [0.25, 0.3) is 0 Å². The first kappa shape index (κ1) is 25.2. The van der Waals surface area contributed by atoms with Crippen molar-refractivity contribution in [3.63, 3.8) is 0 Å². The fourth-order valence-corrected chi connectivity index (χ4v) is 3.12. The lowest BCUT2D eigenvalue weighted by Crippen LogP contribution is -2.41. The number of guanidine groups is 1. The Morgan fingerprint density at radius 1 is 1.17 bits per heavy atom. The van der Waals surface area contributed by atoms with Gasteiger partial charge in [-0.2, -0.15) is 0 Å². The number of sulfonamides is 1. The number of benzene rings is 2. The maximum Gasteiger partial charge on any atom is 0.238 e. The monoisotopic (exact) mass is 532 g/mol. The van der Waals surface area contributed by atoms with Gasteiger partial charge in [-0.25, -0.2) is 18.5 Å². The van der Waals surface area contributed by atoms with E-state index in [1.165, 1.54) is 12.1 Å². The molecule has 0 aliphatic heterocycles. The average Bonchev–Trinajstić information content (AvgIpc) is 2.63. The lowest BCUT2D eigenvalue weighted by atomic mass is 10.2. The Morgan fingerprint density at radius 2 is 1.90 bits per heavy atom. The highest BCUT2D eigenvalue weighted by Crippen LogP contribution is 2.14. The van der Waals surface area contributed by atoms with Crippen LogP contribution in [0.15, 0.2) is 58.4 Å². The number of nitrogens with one attached hydrogen (secondary N) is 2. The summed E-state index contributed by atoms with van der Waals surface area (Å²) in [5, 5.41) is 11.6. The van der Waals surface area contributed by atoms with E-state index in [1.807, 2.05) is 51.1 Å². The van der Waals surface area contributed by atoms with E-state index >= 15 is 0 Å². The van der Waals surface area contributed by atoms with E-state index in [-0.39, 0.29) is 35.0 Å². The third-order valence-corrected chi connectivity index (χ3v) is 4.79. The molecular formula is C20H29IN4O3S. The summed E-state index contributed by atoms with van der Waals surface area (Å²) in [4.78, 5) is 4.59. The van der Waals surface area contributed by atoms with E-state index < -0.39 is 10.0 Å². The first-order chi connectivity index (χ1) is 13.3. The van der Waals surface area contributed by atoms with Gasteiger partial charge in [-0.05, 0) is 56.2 Å². The summed E-state index contributed by atoms with van der Waals surface area (Å²) < 4.78 is 28.9. The van der Waals surface area contributed by atoms with Crippen molar-refractivity contribution in [2.45, 2.75) is 38.3 Å². The number of ether oxygens (including phenoxy) is 1. The molecule has 2 aromatic rings. The number of rotatable bonds is 8. The van der Waals surface area contributed by atoms with Crippen molar-refractivity contribution >= 4 is 40.0 Å². The number of aliphatic imine (C=N–C) groups is 1. The van der Waals surface area contributed by atoms with Crippen LogP contribution in [0.3, 0.4) is 0 Å². The van der Waals surface area contributed by atoms with E-state index in [4.69, 9.17) is 9.88 Å². The highest BCUT2D eigenvalue weighted by molar-refractivity contribution is 14.0. The lowest BCUT2D eigenvalue weighted by molar-refractivity contribution is 0.223. The molecule has 1 unspecified atom stereocenters. The molecule has 0 saturated heterocycles. The Bertz CT molecular complexity index is 919. The van der Waals surface area contributed by atoms with Crippen LogP contribution in [0, 0.1) is 6.92 Å². The van der Waals surface area contributed by atoms with Gasteiger partial charge in [0, 0.05) is 6.54 Å². The molecule has 0 spiro atoms. The molecule has 0 aliphatic carbocycles. The summed E-state index contributed by atoms with van der Waals surface area (Å²) in [6.07, 6.45) is -0.0589. The van der Waals surface area contributed by atoms with Crippen molar-refractivity contribution < 1.29 is 13.2 Å². The standard InChI is InChI=1S/C20H28N4O3S.HI/c1-4-22-20(23-13-16(3)27-18-9-5-7-15(2)11-18)24-14-17-8-6-10-19(12-17)28(21,25)26;/h5-12,16H,4,13-14H2,1-3H3,(H2,21,25,26)(H2,22,23,24);1H. The molecule has 29 heavy (non-hydrogen) atoms. The number of primary sulfonamides is 1. The second-order valence-electron chi connectivity index (χ2n) is 6.51. The van der Waals surface area contributed by atoms with Crippen LogP contribution in [0.4, 0.5) is 0 Å². The highest BCUT2D eigenvalue weighted by Gasteiger charge is 2.09. The first-order valence-electron chi connectivity index (χ1n) is 9.15. The summed E-state index contributed by atoms with van der Waals surface area (Å²) in [5.74, 6) is 1.46. The Labute approximate surface area is 190 Å². The third-order valence-electron chi connectivity index (χ3n) is 3.87. The van der Waals surface area contributed by atoms with Crippen LogP contribution >= 0.6 is 24.0 Å².